The minimum Gasteiger partial charge on any atom is -0.353 e. The highest BCUT2D eigenvalue weighted by atomic mass is 15.0. The Bertz CT molecular complexity index is 288. The van der Waals surface area contributed by atoms with Crippen LogP contribution in [0.5, 0.6) is 0 Å². The Balaban J connectivity index is 2.32. The third-order valence-electron chi connectivity index (χ3n) is 1.75. The van der Waals surface area contributed by atoms with E-state index in [-0.39, 0.29) is 0 Å². The van der Waals surface area contributed by atoms with Crippen molar-refractivity contribution in [3.05, 3.63) is 24.0 Å². The van der Waals surface area contributed by atoms with Gasteiger partial charge < -0.3 is 9.88 Å². The quantitative estimate of drug-likeness (QED) is 0.521. The molecule has 2 heteroatoms. The summed E-state index contributed by atoms with van der Waals surface area (Å²) >= 11 is 0. The van der Waals surface area contributed by atoms with Crippen LogP contribution in [0.1, 0.15) is 12.6 Å². The summed E-state index contributed by atoms with van der Waals surface area (Å²) in [5.41, 5.74) is 1.29. The number of rotatable bonds is 3. The van der Waals surface area contributed by atoms with E-state index in [1.165, 1.54) is 5.69 Å². The molecule has 2 nitrogen and oxygen atoms in total. The Kier molecular flexibility index (Phi) is 3.43. The van der Waals surface area contributed by atoms with E-state index in [0.29, 0.717) is 0 Å². The minimum absolute atomic E-state index is 0.766. The van der Waals surface area contributed by atoms with Crippen LogP contribution in [0, 0.1) is 11.8 Å². The summed E-state index contributed by atoms with van der Waals surface area (Å²) in [7, 11) is 2.04. The molecule has 0 aliphatic heterocycles. The molecule has 0 spiro atoms. The number of aromatic nitrogens is 1. The van der Waals surface area contributed by atoms with E-state index in [9.17, 15) is 0 Å². The van der Waals surface area contributed by atoms with Crippen molar-refractivity contribution in [1.82, 2.24) is 9.88 Å². The monoisotopic (exact) mass is 162 g/mol. The second-order valence-corrected chi connectivity index (χ2v) is 2.64. The summed E-state index contributed by atoms with van der Waals surface area (Å²) in [5.74, 6) is 5.80. The maximum atomic E-state index is 3.24. The maximum absolute atomic E-state index is 3.24. The van der Waals surface area contributed by atoms with Gasteiger partial charge in [-0.3, -0.25) is 0 Å². The number of aryl methyl sites for hydroxylation is 1. The highest BCUT2D eigenvalue weighted by Gasteiger charge is 1.93. The van der Waals surface area contributed by atoms with Gasteiger partial charge in [0.25, 0.3) is 0 Å². The third kappa shape index (κ3) is 2.44. The van der Waals surface area contributed by atoms with Crippen molar-refractivity contribution < 1.29 is 0 Å². The largest absolute Gasteiger partial charge is 0.353 e. The molecule has 1 N–H and O–H groups in total. The second-order valence-electron chi connectivity index (χ2n) is 2.64. The summed E-state index contributed by atoms with van der Waals surface area (Å²) in [6.45, 7) is 3.50. The predicted molar refractivity (Wildman–Crippen MR) is 50.6 cm³/mol. The fourth-order valence-electron chi connectivity index (χ4n) is 1.02. The lowest BCUT2D eigenvalue weighted by Crippen LogP contribution is -2.15. The van der Waals surface area contributed by atoms with Gasteiger partial charge in [-0.25, -0.2) is 0 Å². The molecule has 1 heterocycles. The summed E-state index contributed by atoms with van der Waals surface area (Å²) < 4.78 is 2.10. The summed E-state index contributed by atoms with van der Waals surface area (Å²) in [6.07, 6.45) is 2.04. The SMILES string of the molecule is CC#CCNCc1cccn1C. The van der Waals surface area contributed by atoms with Crippen LogP contribution in [0.25, 0.3) is 0 Å². The Hall–Kier alpha value is -1.20. The van der Waals surface area contributed by atoms with E-state index in [0.717, 1.165) is 13.1 Å². The van der Waals surface area contributed by atoms with E-state index in [2.05, 4.69) is 27.8 Å². The number of nitrogens with one attached hydrogen (secondary N) is 1. The van der Waals surface area contributed by atoms with Gasteiger partial charge in [-0.05, 0) is 19.1 Å². The first-order valence-electron chi connectivity index (χ1n) is 4.05. The Morgan fingerprint density at radius 3 is 3.00 bits per heavy atom. The van der Waals surface area contributed by atoms with Crippen LogP contribution >= 0.6 is 0 Å². The van der Waals surface area contributed by atoms with Crippen LogP contribution in [0.3, 0.4) is 0 Å². The van der Waals surface area contributed by atoms with Gasteiger partial charge in [-0.2, -0.15) is 0 Å². The number of hydrogen-bond acceptors (Lipinski definition) is 1. The molecule has 0 aromatic carbocycles. The molecular formula is C10H14N2. The van der Waals surface area contributed by atoms with Gasteiger partial charge in [0, 0.05) is 25.5 Å². The van der Waals surface area contributed by atoms with Crippen LogP contribution in [-0.4, -0.2) is 11.1 Å². The first-order chi connectivity index (χ1) is 5.84. The zero-order chi connectivity index (χ0) is 8.81. The molecule has 0 aliphatic carbocycles. The lowest BCUT2D eigenvalue weighted by Gasteiger charge is -2.02. The maximum Gasteiger partial charge on any atom is 0.0579 e. The van der Waals surface area contributed by atoms with Crippen LogP contribution in [-0.2, 0) is 13.6 Å². The van der Waals surface area contributed by atoms with Gasteiger partial charge in [-0.1, -0.05) is 5.92 Å². The molecule has 1 aromatic rings. The van der Waals surface area contributed by atoms with Gasteiger partial charge in [-0.15, -0.1) is 5.92 Å². The van der Waals surface area contributed by atoms with Crippen molar-refractivity contribution >= 4 is 0 Å². The third-order valence-corrected chi connectivity index (χ3v) is 1.75. The van der Waals surface area contributed by atoms with Crippen LogP contribution in [0.4, 0.5) is 0 Å². The highest BCUT2D eigenvalue weighted by Crippen LogP contribution is 1.97. The van der Waals surface area contributed by atoms with E-state index in [1.54, 1.807) is 0 Å². The molecule has 0 saturated heterocycles. The van der Waals surface area contributed by atoms with E-state index in [4.69, 9.17) is 0 Å². The lowest BCUT2D eigenvalue weighted by atomic mass is 10.4. The molecule has 1 rings (SSSR count). The molecule has 0 aliphatic rings. The fourth-order valence-corrected chi connectivity index (χ4v) is 1.02. The number of nitrogens with zero attached hydrogens (tertiary/aromatic N) is 1. The first kappa shape index (κ1) is 8.89. The molecule has 1 aromatic heterocycles. The summed E-state index contributed by atoms with van der Waals surface area (Å²) in [4.78, 5) is 0. The lowest BCUT2D eigenvalue weighted by molar-refractivity contribution is 0.707. The highest BCUT2D eigenvalue weighted by molar-refractivity contribution is 5.06. The van der Waals surface area contributed by atoms with Crippen molar-refractivity contribution in [2.75, 3.05) is 6.54 Å². The van der Waals surface area contributed by atoms with Crippen molar-refractivity contribution in [2.24, 2.45) is 7.05 Å². The van der Waals surface area contributed by atoms with Crippen molar-refractivity contribution in [3.63, 3.8) is 0 Å². The number of hydrogen-bond donors (Lipinski definition) is 1. The molecule has 0 unspecified atom stereocenters. The Morgan fingerprint density at radius 2 is 2.42 bits per heavy atom. The molecule has 0 radical (unpaired) electrons. The normalized spacial score (nSPS) is 9.17. The molecule has 12 heavy (non-hydrogen) atoms. The van der Waals surface area contributed by atoms with Crippen molar-refractivity contribution in [2.45, 2.75) is 13.5 Å². The molecular weight excluding hydrogens is 148 g/mol. The van der Waals surface area contributed by atoms with E-state index in [1.807, 2.05) is 26.2 Å². The Morgan fingerprint density at radius 1 is 1.58 bits per heavy atom. The fraction of sp³-hybridized carbons (Fsp3) is 0.400. The zero-order valence-electron chi connectivity index (χ0n) is 7.59. The van der Waals surface area contributed by atoms with Crippen molar-refractivity contribution in [1.29, 1.82) is 0 Å². The van der Waals surface area contributed by atoms with Crippen LogP contribution < -0.4 is 5.32 Å². The minimum atomic E-state index is 0.766. The van der Waals surface area contributed by atoms with E-state index < -0.39 is 0 Å². The second kappa shape index (κ2) is 4.63. The van der Waals surface area contributed by atoms with Gasteiger partial charge in [0.15, 0.2) is 0 Å². The topological polar surface area (TPSA) is 17.0 Å². The molecule has 0 atom stereocenters. The first-order valence-corrected chi connectivity index (χ1v) is 4.05. The molecule has 0 fully saturated rings. The van der Waals surface area contributed by atoms with Crippen LogP contribution in [0.2, 0.25) is 0 Å². The van der Waals surface area contributed by atoms with E-state index >= 15 is 0 Å². The standard InChI is InChI=1S/C10H14N2/c1-3-4-7-11-9-10-6-5-8-12(10)2/h5-6,8,11H,7,9H2,1-2H3. The van der Waals surface area contributed by atoms with Gasteiger partial charge in [0.05, 0.1) is 6.54 Å². The molecule has 0 bridgehead atoms. The Labute approximate surface area is 73.6 Å². The molecule has 0 amide bonds. The van der Waals surface area contributed by atoms with Gasteiger partial charge in [0.2, 0.25) is 0 Å². The zero-order valence-corrected chi connectivity index (χ0v) is 7.59. The predicted octanol–water partition coefficient (Wildman–Crippen LogP) is 1.14. The van der Waals surface area contributed by atoms with Crippen molar-refractivity contribution in [3.8, 4) is 11.8 Å². The average molecular weight is 162 g/mol. The van der Waals surface area contributed by atoms with Gasteiger partial charge in [0.1, 0.15) is 0 Å². The smallest absolute Gasteiger partial charge is 0.0579 e. The van der Waals surface area contributed by atoms with Gasteiger partial charge >= 0.3 is 0 Å². The summed E-state index contributed by atoms with van der Waals surface area (Å²) in [6, 6.07) is 4.15. The molecule has 0 saturated carbocycles. The molecule has 64 valence electrons. The summed E-state index contributed by atoms with van der Waals surface area (Å²) in [5, 5.41) is 3.24. The van der Waals surface area contributed by atoms with Crippen LogP contribution in [0.15, 0.2) is 18.3 Å². The average Bonchev–Trinajstić information content (AvgIpc) is 2.46.